The number of urea groups is 1. The van der Waals surface area contributed by atoms with Crippen LogP contribution in [0.15, 0.2) is 71.7 Å². The van der Waals surface area contributed by atoms with Gasteiger partial charge in [0.25, 0.3) is 0 Å². The van der Waals surface area contributed by atoms with Crippen LogP contribution in [0.4, 0.5) is 10.5 Å². The van der Waals surface area contributed by atoms with E-state index < -0.39 is 5.54 Å². The maximum absolute atomic E-state index is 12.6. The fraction of sp³-hybridized carbons (Fsp3) is 0.174. The van der Waals surface area contributed by atoms with Crippen molar-refractivity contribution in [3.8, 4) is 0 Å². The summed E-state index contributed by atoms with van der Waals surface area (Å²) in [4.78, 5) is 25.1. The van der Waals surface area contributed by atoms with Gasteiger partial charge in [-0.05, 0) is 61.4 Å². The highest BCUT2D eigenvalue weighted by molar-refractivity contribution is 6.42. The molecule has 0 spiro atoms. The van der Waals surface area contributed by atoms with Crippen molar-refractivity contribution in [2.45, 2.75) is 25.9 Å². The van der Waals surface area contributed by atoms with Gasteiger partial charge in [0.15, 0.2) is 5.65 Å². The summed E-state index contributed by atoms with van der Waals surface area (Å²) >= 11 is 12.1. The molecule has 0 saturated heterocycles. The van der Waals surface area contributed by atoms with Crippen LogP contribution in [-0.2, 0) is 12.1 Å². The van der Waals surface area contributed by atoms with Gasteiger partial charge in [-0.1, -0.05) is 47.5 Å². The Morgan fingerprint density at radius 3 is 2.59 bits per heavy atom. The number of carbonyl (C=O) groups excluding carboxylic acids is 1. The highest BCUT2D eigenvalue weighted by Gasteiger charge is 2.23. The average Bonchev–Trinajstić information content (AvgIpc) is 3.05. The summed E-state index contributed by atoms with van der Waals surface area (Å²) in [6.45, 7) is 4.03. The van der Waals surface area contributed by atoms with Gasteiger partial charge in [-0.15, -0.1) is 5.10 Å². The Bertz CT molecular complexity index is 1360. The van der Waals surface area contributed by atoms with Gasteiger partial charge in [-0.2, -0.15) is 0 Å². The van der Waals surface area contributed by atoms with Gasteiger partial charge in [0.1, 0.15) is 0 Å². The number of aromatic nitrogens is 3. The Balaban J connectivity index is 1.47. The van der Waals surface area contributed by atoms with Crippen LogP contribution in [0.3, 0.4) is 0 Å². The molecule has 9 heteroatoms. The first kappa shape index (κ1) is 21.9. The number of fused-ring (bicyclic) bond motifs is 1. The van der Waals surface area contributed by atoms with Crippen molar-refractivity contribution in [1.29, 1.82) is 0 Å². The number of anilines is 1. The number of carbonyl (C=O) groups is 1. The molecule has 2 heterocycles. The molecule has 164 valence electrons. The van der Waals surface area contributed by atoms with E-state index in [1.165, 1.54) is 9.08 Å². The summed E-state index contributed by atoms with van der Waals surface area (Å²) in [5, 5.41) is 11.0. The number of rotatable bonds is 5. The average molecular weight is 470 g/mol. The van der Waals surface area contributed by atoms with Crippen LogP contribution >= 0.6 is 23.2 Å². The third-order valence-corrected chi connectivity index (χ3v) is 5.81. The fourth-order valence-corrected chi connectivity index (χ4v) is 3.69. The topological polar surface area (TPSA) is 80.4 Å². The normalized spacial score (nSPS) is 11.5. The van der Waals surface area contributed by atoms with Crippen LogP contribution in [0.5, 0.6) is 0 Å². The zero-order valence-corrected chi connectivity index (χ0v) is 19.0. The molecule has 7 nitrogen and oxygen atoms in total. The zero-order valence-electron chi connectivity index (χ0n) is 17.5. The molecule has 4 rings (SSSR count). The highest BCUT2D eigenvalue weighted by atomic mass is 35.5. The van der Waals surface area contributed by atoms with Gasteiger partial charge in [-0.25, -0.2) is 14.3 Å². The molecule has 0 aliphatic carbocycles. The Hall–Kier alpha value is -3.29. The molecule has 32 heavy (non-hydrogen) atoms. The minimum Gasteiger partial charge on any atom is -0.329 e. The van der Waals surface area contributed by atoms with E-state index >= 15 is 0 Å². The molecule has 2 aromatic heterocycles. The molecule has 4 aromatic rings. The summed E-state index contributed by atoms with van der Waals surface area (Å²) in [6, 6.07) is 17.5. The molecule has 0 saturated carbocycles. The van der Waals surface area contributed by atoms with Crippen molar-refractivity contribution in [3.05, 3.63) is 98.5 Å². The predicted molar refractivity (Wildman–Crippen MR) is 127 cm³/mol. The lowest BCUT2D eigenvalue weighted by Crippen LogP contribution is -2.43. The van der Waals surface area contributed by atoms with Crippen molar-refractivity contribution in [1.82, 2.24) is 19.5 Å². The zero-order chi connectivity index (χ0) is 22.9. The fourth-order valence-electron chi connectivity index (χ4n) is 3.39. The van der Waals surface area contributed by atoms with E-state index in [-0.39, 0.29) is 18.3 Å². The number of benzene rings is 2. The van der Waals surface area contributed by atoms with Crippen molar-refractivity contribution < 1.29 is 4.79 Å². The van der Waals surface area contributed by atoms with E-state index in [9.17, 15) is 9.59 Å². The second kappa shape index (κ2) is 8.68. The highest BCUT2D eigenvalue weighted by Crippen LogP contribution is 2.28. The third-order valence-electron chi connectivity index (χ3n) is 5.07. The van der Waals surface area contributed by atoms with E-state index in [1.807, 2.05) is 44.2 Å². The van der Waals surface area contributed by atoms with Crippen LogP contribution in [0.25, 0.3) is 5.65 Å². The molecule has 2 amide bonds. The van der Waals surface area contributed by atoms with Gasteiger partial charge >= 0.3 is 11.7 Å². The lowest BCUT2D eigenvalue weighted by molar-refractivity contribution is 0.242. The number of nitrogens with zero attached hydrogens (tertiary/aromatic N) is 3. The summed E-state index contributed by atoms with van der Waals surface area (Å²) in [5.74, 6) is 0. The molecule has 2 aromatic carbocycles. The number of halogens is 2. The van der Waals surface area contributed by atoms with Gasteiger partial charge in [0.05, 0.1) is 22.1 Å². The molecule has 0 bridgehead atoms. The number of amides is 2. The van der Waals surface area contributed by atoms with E-state index in [4.69, 9.17) is 23.2 Å². The van der Waals surface area contributed by atoms with Crippen LogP contribution in [-0.4, -0.2) is 20.2 Å². The van der Waals surface area contributed by atoms with Crippen molar-refractivity contribution in [2.75, 3.05) is 5.32 Å². The summed E-state index contributed by atoms with van der Waals surface area (Å²) in [7, 11) is 0. The second-order valence-electron chi connectivity index (χ2n) is 7.90. The summed E-state index contributed by atoms with van der Waals surface area (Å²) in [6.07, 6.45) is 1.68. The predicted octanol–water partition coefficient (Wildman–Crippen LogP) is 4.91. The van der Waals surface area contributed by atoms with E-state index in [0.29, 0.717) is 21.4 Å². The largest absolute Gasteiger partial charge is 0.350 e. The van der Waals surface area contributed by atoms with Crippen LogP contribution < -0.4 is 16.3 Å². The standard InChI is InChI=1S/C23H21Cl2N5O2/c1-23(2,16-9-10-18(24)19(25)13-16)27-21(31)26-17-7-5-6-15(12-17)14-30-22(32)29-11-4-3-8-20(29)28-30/h3-13H,14H2,1-2H3,(H2,26,27,31). The molecular weight excluding hydrogens is 449 g/mol. The maximum atomic E-state index is 12.6. The third kappa shape index (κ3) is 4.64. The first-order valence-electron chi connectivity index (χ1n) is 9.91. The van der Waals surface area contributed by atoms with E-state index in [0.717, 1.165) is 11.1 Å². The van der Waals surface area contributed by atoms with Crippen LogP contribution in [0.1, 0.15) is 25.0 Å². The van der Waals surface area contributed by atoms with Crippen LogP contribution in [0.2, 0.25) is 10.0 Å². The smallest absolute Gasteiger partial charge is 0.329 e. The Labute approximate surface area is 194 Å². The number of hydrogen-bond acceptors (Lipinski definition) is 3. The number of hydrogen-bond donors (Lipinski definition) is 2. The molecule has 0 unspecified atom stereocenters. The first-order valence-corrected chi connectivity index (χ1v) is 10.7. The minimum absolute atomic E-state index is 0.222. The minimum atomic E-state index is -0.681. The molecular formula is C23H21Cl2N5O2. The molecule has 2 N–H and O–H groups in total. The number of nitrogens with one attached hydrogen (secondary N) is 2. The van der Waals surface area contributed by atoms with Gasteiger partial charge in [-0.3, -0.25) is 4.40 Å². The van der Waals surface area contributed by atoms with Crippen molar-refractivity contribution >= 4 is 40.6 Å². The second-order valence-corrected chi connectivity index (χ2v) is 8.72. The summed E-state index contributed by atoms with van der Waals surface area (Å²) < 4.78 is 2.88. The molecule has 0 fully saturated rings. The van der Waals surface area contributed by atoms with Crippen molar-refractivity contribution in [3.63, 3.8) is 0 Å². The van der Waals surface area contributed by atoms with Crippen LogP contribution in [0, 0.1) is 0 Å². The van der Waals surface area contributed by atoms with Gasteiger partial charge in [0, 0.05) is 11.9 Å². The van der Waals surface area contributed by atoms with E-state index in [1.54, 1.807) is 36.5 Å². The first-order chi connectivity index (χ1) is 15.2. The lowest BCUT2D eigenvalue weighted by atomic mass is 9.94. The van der Waals surface area contributed by atoms with E-state index in [2.05, 4.69) is 15.7 Å². The lowest BCUT2D eigenvalue weighted by Gasteiger charge is -2.27. The molecule has 0 radical (unpaired) electrons. The Kier molecular flexibility index (Phi) is 5.95. The maximum Gasteiger partial charge on any atom is 0.350 e. The van der Waals surface area contributed by atoms with Gasteiger partial charge in [0.2, 0.25) is 0 Å². The van der Waals surface area contributed by atoms with Crippen molar-refractivity contribution in [2.24, 2.45) is 0 Å². The molecule has 0 aliphatic rings. The Morgan fingerprint density at radius 1 is 1.03 bits per heavy atom. The SMILES string of the molecule is CC(C)(NC(=O)Nc1cccc(Cn2nc3ccccn3c2=O)c1)c1ccc(Cl)c(Cl)c1. The Morgan fingerprint density at radius 2 is 1.84 bits per heavy atom. The molecule has 0 aliphatic heterocycles. The molecule has 0 atom stereocenters. The quantitative estimate of drug-likeness (QED) is 0.435. The monoisotopic (exact) mass is 469 g/mol. The number of pyridine rings is 1. The van der Waals surface area contributed by atoms with Gasteiger partial charge < -0.3 is 10.6 Å². The summed E-state index contributed by atoms with van der Waals surface area (Å²) in [5.41, 5.74) is 1.93.